The molecule has 108 valence electrons. The molecule has 0 amide bonds. The van der Waals surface area contributed by atoms with Crippen molar-refractivity contribution < 1.29 is 9.90 Å². The minimum Gasteiger partial charge on any atom is -0.507 e. The third-order valence-electron chi connectivity index (χ3n) is 3.35. The van der Waals surface area contributed by atoms with Crippen LogP contribution in [0.15, 0.2) is 65.9 Å². The number of ketones is 1. The summed E-state index contributed by atoms with van der Waals surface area (Å²) in [5.74, 6) is -0.227. The van der Waals surface area contributed by atoms with Gasteiger partial charge in [-0.05, 0) is 22.9 Å². The molecule has 0 unspecified atom stereocenters. The lowest BCUT2D eigenvalue weighted by Crippen LogP contribution is -2.05. The van der Waals surface area contributed by atoms with Crippen LogP contribution in [0.2, 0.25) is 0 Å². The van der Waals surface area contributed by atoms with Crippen LogP contribution in [0.3, 0.4) is 0 Å². The monoisotopic (exact) mass is 290 g/mol. The number of hydrogen-bond donors (Lipinski definition) is 1. The summed E-state index contributed by atoms with van der Waals surface area (Å²) < 4.78 is 0. The molecule has 4 nitrogen and oxygen atoms in total. The highest BCUT2D eigenvalue weighted by Gasteiger charge is 2.14. The number of aliphatic imine (C=N–C) groups is 1. The number of nitrogens with zero attached hydrogens (tertiary/aromatic N) is 2. The molecular weight excluding hydrogens is 276 g/mol. The van der Waals surface area contributed by atoms with Crippen molar-refractivity contribution in [3.8, 4) is 5.75 Å². The highest BCUT2D eigenvalue weighted by molar-refractivity contribution is 6.11. The Morgan fingerprint density at radius 3 is 2.82 bits per heavy atom. The topological polar surface area (TPSA) is 62.5 Å². The number of carbonyl (C=O) groups excluding carboxylic acids is 1. The van der Waals surface area contributed by atoms with E-state index in [1.54, 1.807) is 36.8 Å². The number of aromatic nitrogens is 1. The fourth-order valence-electron chi connectivity index (χ4n) is 2.32. The van der Waals surface area contributed by atoms with Gasteiger partial charge >= 0.3 is 0 Å². The predicted molar refractivity (Wildman–Crippen MR) is 86.6 cm³/mol. The number of benzene rings is 2. The Morgan fingerprint density at radius 2 is 2.00 bits per heavy atom. The van der Waals surface area contributed by atoms with Crippen LogP contribution in [0.4, 0.5) is 0 Å². The molecule has 1 aromatic heterocycles. The van der Waals surface area contributed by atoms with Gasteiger partial charge in [-0.2, -0.15) is 0 Å². The van der Waals surface area contributed by atoms with Gasteiger partial charge in [0.05, 0.1) is 5.56 Å². The first kappa shape index (κ1) is 13.9. The van der Waals surface area contributed by atoms with Crippen molar-refractivity contribution in [2.24, 2.45) is 4.99 Å². The minimum absolute atomic E-state index is 0.0136. The number of carbonyl (C=O) groups is 1. The van der Waals surface area contributed by atoms with Crippen LogP contribution in [0, 0.1) is 0 Å². The summed E-state index contributed by atoms with van der Waals surface area (Å²) in [4.78, 5) is 20.5. The highest BCUT2D eigenvalue weighted by Crippen LogP contribution is 2.27. The van der Waals surface area contributed by atoms with E-state index in [2.05, 4.69) is 9.98 Å². The Hall–Kier alpha value is -3.01. The zero-order valence-corrected chi connectivity index (χ0v) is 11.8. The molecule has 0 aliphatic carbocycles. The lowest BCUT2D eigenvalue weighted by molar-refractivity contribution is 0.100. The van der Waals surface area contributed by atoms with Crippen LogP contribution < -0.4 is 0 Å². The van der Waals surface area contributed by atoms with E-state index in [0.717, 1.165) is 16.3 Å². The molecule has 2 aromatic carbocycles. The molecule has 1 heterocycles. The second-order valence-corrected chi connectivity index (χ2v) is 4.86. The number of hydrogen-bond acceptors (Lipinski definition) is 4. The fourth-order valence-corrected chi connectivity index (χ4v) is 2.32. The van der Waals surface area contributed by atoms with Crippen molar-refractivity contribution in [2.75, 3.05) is 6.54 Å². The first-order valence-electron chi connectivity index (χ1n) is 6.89. The molecule has 0 saturated heterocycles. The van der Waals surface area contributed by atoms with E-state index in [-0.39, 0.29) is 18.1 Å². The van der Waals surface area contributed by atoms with Gasteiger partial charge < -0.3 is 5.11 Å². The maximum absolute atomic E-state index is 12.4. The maximum atomic E-state index is 12.4. The van der Waals surface area contributed by atoms with E-state index in [4.69, 9.17) is 0 Å². The van der Waals surface area contributed by atoms with E-state index in [1.807, 2.05) is 30.3 Å². The van der Waals surface area contributed by atoms with Gasteiger partial charge in [-0.3, -0.25) is 14.8 Å². The van der Waals surface area contributed by atoms with Gasteiger partial charge in [0.1, 0.15) is 12.3 Å². The van der Waals surface area contributed by atoms with Crippen molar-refractivity contribution in [1.82, 2.24) is 4.98 Å². The quantitative estimate of drug-likeness (QED) is 0.592. The Morgan fingerprint density at radius 1 is 1.14 bits per heavy atom. The predicted octanol–water partition coefficient (Wildman–Crippen LogP) is 3.24. The zero-order chi connectivity index (χ0) is 15.4. The molecule has 0 fully saturated rings. The van der Waals surface area contributed by atoms with E-state index in [1.165, 1.54) is 0 Å². The summed E-state index contributed by atoms with van der Waals surface area (Å²) >= 11 is 0. The Kier molecular flexibility index (Phi) is 3.92. The first-order valence-corrected chi connectivity index (χ1v) is 6.89. The van der Waals surface area contributed by atoms with Crippen molar-refractivity contribution in [3.63, 3.8) is 0 Å². The highest BCUT2D eigenvalue weighted by atomic mass is 16.3. The smallest absolute Gasteiger partial charge is 0.188 e. The molecule has 1 N–H and O–H groups in total. The van der Waals surface area contributed by atoms with Gasteiger partial charge in [-0.1, -0.05) is 36.4 Å². The lowest BCUT2D eigenvalue weighted by atomic mass is 10.0. The van der Waals surface area contributed by atoms with Crippen LogP contribution in [0.25, 0.3) is 10.8 Å². The largest absolute Gasteiger partial charge is 0.507 e. The molecule has 4 heteroatoms. The second-order valence-electron chi connectivity index (χ2n) is 4.86. The van der Waals surface area contributed by atoms with E-state index < -0.39 is 0 Å². The lowest BCUT2D eigenvalue weighted by Gasteiger charge is -2.06. The summed E-state index contributed by atoms with van der Waals surface area (Å²) in [5, 5.41) is 11.7. The SMILES string of the molecule is O=C(CN=Cc1cccnc1)c1c(O)ccc2ccccc12. The molecule has 0 saturated carbocycles. The number of fused-ring (bicyclic) bond motifs is 1. The van der Waals surface area contributed by atoms with E-state index in [9.17, 15) is 9.90 Å². The minimum atomic E-state index is -0.213. The molecule has 0 radical (unpaired) electrons. The number of aromatic hydroxyl groups is 1. The summed E-state index contributed by atoms with van der Waals surface area (Å²) in [5.41, 5.74) is 1.15. The number of phenolic OH excluding ortho intramolecular Hbond substituents is 1. The van der Waals surface area contributed by atoms with Crippen molar-refractivity contribution in [1.29, 1.82) is 0 Å². The number of phenols is 1. The number of Topliss-reactive ketones (excluding diaryl/α,β-unsaturated/α-hetero) is 1. The third-order valence-corrected chi connectivity index (χ3v) is 3.35. The number of pyridine rings is 1. The number of rotatable bonds is 4. The Balaban J connectivity index is 1.86. The summed E-state index contributed by atoms with van der Waals surface area (Å²) in [6, 6.07) is 14.5. The molecule has 3 rings (SSSR count). The average Bonchev–Trinajstić information content (AvgIpc) is 2.55. The van der Waals surface area contributed by atoms with Crippen molar-refractivity contribution >= 4 is 22.8 Å². The molecule has 0 atom stereocenters. The summed E-state index contributed by atoms with van der Waals surface area (Å²) in [7, 11) is 0. The van der Waals surface area contributed by atoms with Gasteiger partial charge in [-0.15, -0.1) is 0 Å². The maximum Gasteiger partial charge on any atom is 0.188 e. The first-order chi connectivity index (χ1) is 10.8. The van der Waals surface area contributed by atoms with Gasteiger partial charge in [0, 0.05) is 24.2 Å². The van der Waals surface area contributed by atoms with Gasteiger partial charge in [0.2, 0.25) is 0 Å². The van der Waals surface area contributed by atoms with Crippen LogP contribution >= 0.6 is 0 Å². The molecule has 3 aromatic rings. The van der Waals surface area contributed by atoms with E-state index >= 15 is 0 Å². The second kappa shape index (κ2) is 6.18. The Labute approximate surface area is 127 Å². The van der Waals surface area contributed by atoms with Crippen LogP contribution in [-0.2, 0) is 0 Å². The van der Waals surface area contributed by atoms with Crippen LogP contribution in [-0.4, -0.2) is 28.6 Å². The molecule has 0 spiro atoms. The normalized spacial score (nSPS) is 11.1. The molecule has 0 aliphatic heterocycles. The molecule has 0 aliphatic rings. The summed E-state index contributed by atoms with van der Waals surface area (Å²) in [6.45, 7) is -0.0174. The van der Waals surface area contributed by atoms with E-state index in [0.29, 0.717) is 5.56 Å². The van der Waals surface area contributed by atoms with Gasteiger partial charge in [0.25, 0.3) is 0 Å². The Bertz CT molecular complexity index is 842. The third kappa shape index (κ3) is 2.86. The van der Waals surface area contributed by atoms with Crippen LogP contribution in [0.5, 0.6) is 5.75 Å². The van der Waals surface area contributed by atoms with Crippen molar-refractivity contribution in [3.05, 3.63) is 72.1 Å². The zero-order valence-electron chi connectivity index (χ0n) is 11.8. The van der Waals surface area contributed by atoms with Crippen molar-refractivity contribution in [2.45, 2.75) is 0 Å². The molecule has 22 heavy (non-hydrogen) atoms. The molecular formula is C18H14N2O2. The van der Waals surface area contributed by atoms with Gasteiger partial charge in [0.15, 0.2) is 5.78 Å². The molecule has 0 bridgehead atoms. The average molecular weight is 290 g/mol. The van der Waals surface area contributed by atoms with Crippen LogP contribution in [0.1, 0.15) is 15.9 Å². The fraction of sp³-hybridized carbons (Fsp3) is 0.0556. The van der Waals surface area contributed by atoms with Gasteiger partial charge in [-0.25, -0.2) is 0 Å². The standard InChI is InChI=1S/C18H14N2O2/c21-16-8-7-14-5-1-2-6-15(14)18(16)17(22)12-20-11-13-4-3-9-19-10-13/h1-11,21H,12H2. The summed E-state index contributed by atoms with van der Waals surface area (Å²) in [6.07, 6.45) is 4.95.